The Kier molecular flexibility index (Phi) is 4.68. The van der Waals surface area contributed by atoms with Crippen molar-refractivity contribution >= 4 is 32.5 Å². The van der Waals surface area contributed by atoms with E-state index in [2.05, 4.69) is 54.8 Å². The van der Waals surface area contributed by atoms with E-state index >= 15 is 0 Å². The number of sulfone groups is 1. The van der Waals surface area contributed by atoms with Crippen molar-refractivity contribution in [3.8, 4) is 0 Å². The van der Waals surface area contributed by atoms with Gasteiger partial charge in [0.15, 0.2) is 9.84 Å². The molecule has 0 saturated carbocycles. The van der Waals surface area contributed by atoms with Crippen LogP contribution in [0, 0.1) is 6.92 Å². The lowest BCUT2D eigenvalue weighted by atomic mass is 10.0. The monoisotopic (exact) mass is 394 g/mol. The van der Waals surface area contributed by atoms with Gasteiger partial charge in [0.2, 0.25) is 0 Å². The topological polar surface area (TPSA) is 42.3 Å². The van der Waals surface area contributed by atoms with Gasteiger partial charge in [-0.25, -0.2) is 8.42 Å². The van der Waals surface area contributed by atoms with Crippen molar-refractivity contribution in [1.29, 1.82) is 0 Å². The second-order valence-electron chi connectivity index (χ2n) is 7.91. The molecule has 0 N–H and O–H groups in total. The molecule has 2 aromatic carbocycles. The van der Waals surface area contributed by atoms with E-state index in [4.69, 9.17) is 0 Å². The summed E-state index contributed by atoms with van der Waals surface area (Å²) < 4.78 is 25.7. The Hall–Kier alpha value is -2.37. The molecule has 2 heterocycles. The highest BCUT2D eigenvalue weighted by Gasteiger charge is 2.21. The van der Waals surface area contributed by atoms with Gasteiger partial charge < -0.3 is 9.47 Å². The van der Waals surface area contributed by atoms with Gasteiger partial charge in [-0.15, -0.1) is 0 Å². The maximum atomic E-state index is 11.7. The summed E-state index contributed by atoms with van der Waals surface area (Å²) in [5, 5.41) is 1.33. The van der Waals surface area contributed by atoms with Crippen LogP contribution in [-0.2, 0) is 22.8 Å². The van der Waals surface area contributed by atoms with Gasteiger partial charge in [0.05, 0.1) is 10.4 Å². The summed E-state index contributed by atoms with van der Waals surface area (Å²) in [6.45, 7) is 6.24. The molecule has 0 radical (unpaired) electrons. The van der Waals surface area contributed by atoms with Crippen LogP contribution in [-0.4, -0.2) is 37.7 Å². The van der Waals surface area contributed by atoms with Crippen molar-refractivity contribution in [1.82, 2.24) is 9.47 Å². The molecule has 4 rings (SSSR count). The van der Waals surface area contributed by atoms with E-state index in [-0.39, 0.29) is 0 Å². The Morgan fingerprint density at radius 1 is 1.11 bits per heavy atom. The Morgan fingerprint density at radius 3 is 2.50 bits per heavy atom. The highest BCUT2D eigenvalue weighted by atomic mass is 32.2. The maximum Gasteiger partial charge on any atom is 0.175 e. The molecule has 146 valence electrons. The van der Waals surface area contributed by atoms with Gasteiger partial charge in [0, 0.05) is 43.0 Å². The average molecular weight is 395 g/mol. The predicted molar refractivity (Wildman–Crippen MR) is 116 cm³/mol. The van der Waals surface area contributed by atoms with Crippen molar-refractivity contribution in [2.75, 3.05) is 19.8 Å². The molecule has 1 aromatic heterocycles. The standard InChI is InChI=1S/C23H26N2O2S/c1-16-5-10-22-20(13-16)21-15-24(3)12-11-23(21)25(22)14-17(2)18-6-8-19(9-7-18)28(4,26)27/h5-10,13-14H,11-12,15H2,1-4H3. The van der Waals surface area contributed by atoms with Gasteiger partial charge in [0.1, 0.15) is 0 Å². The minimum absolute atomic E-state index is 0.353. The lowest BCUT2D eigenvalue weighted by Crippen LogP contribution is -2.26. The maximum absolute atomic E-state index is 11.7. The van der Waals surface area contributed by atoms with Crippen LogP contribution in [0.5, 0.6) is 0 Å². The molecule has 0 saturated heterocycles. The SMILES string of the molecule is CC(=Cn1c2c(c3cc(C)ccc31)CN(C)CC2)c1ccc(S(C)(=O)=O)cc1. The van der Waals surface area contributed by atoms with Crippen molar-refractivity contribution in [2.45, 2.75) is 31.7 Å². The zero-order valence-corrected chi connectivity index (χ0v) is 17.7. The number of fused-ring (bicyclic) bond motifs is 3. The van der Waals surface area contributed by atoms with Crippen LogP contribution in [0.3, 0.4) is 0 Å². The third kappa shape index (κ3) is 3.40. The molecule has 4 nitrogen and oxygen atoms in total. The summed E-state index contributed by atoms with van der Waals surface area (Å²) in [6.07, 6.45) is 4.45. The minimum Gasteiger partial charge on any atom is -0.320 e. The van der Waals surface area contributed by atoms with Crippen molar-refractivity contribution in [3.63, 3.8) is 0 Å². The molecule has 0 fully saturated rings. The van der Waals surface area contributed by atoms with E-state index in [0.29, 0.717) is 4.90 Å². The molecule has 5 heteroatoms. The Bertz CT molecular complexity index is 1190. The van der Waals surface area contributed by atoms with E-state index < -0.39 is 9.84 Å². The Labute approximate surface area is 167 Å². The molecule has 0 atom stereocenters. The zero-order valence-electron chi connectivity index (χ0n) is 16.9. The van der Waals surface area contributed by atoms with Crippen LogP contribution < -0.4 is 0 Å². The largest absolute Gasteiger partial charge is 0.320 e. The number of allylic oxidation sites excluding steroid dienone is 1. The van der Waals surface area contributed by atoms with E-state index in [0.717, 1.165) is 30.6 Å². The number of likely N-dealkylation sites (N-methyl/N-ethyl adjacent to an activating group) is 1. The molecule has 0 unspecified atom stereocenters. The summed E-state index contributed by atoms with van der Waals surface area (Å²) in [7, 11) is -1.00. The van der Waals surface area contributed by atoms with E-state index in [1.54, 1.807) is 12.1 Å². The lowest BCUT2D eigenvalue weighted by molar-refractivity contribution is 0.312. The number of hydrogen-bond acceptors (Lipinski definition) is 3. The summed E-state index contributed by atoms with van der Waals surface area (Å²) in [4.78, 5) is 2.72. The summed E-state index contributed by atoms with van der Waals surface area (Å²) in [6, 6.07) is 13.8. The third-order valence-corrected chi connectivity index (χ3v) is 6.72. The molecule has 0 spiro atoms. The lowest BCUT2D eigenvalue weighted by Gasteiger charge is -2.23. The fraction of sp³-hybridized carbons (Fsp3) is 0.304. The smallest absolute Gasteiger partial charge is 0.175 e. The summed E-state index contributed by atoms with van der Waals surface area (Å²) in [5.74, 6) is 0. The van der Waals surface area contributed by atoms with Crippen molar-refractivity contribution in [3.05, 3.63) is 64.8 Å². The second kappa shape index (κ2) is 6.90. The quantitative estimate of drug-likeness (QED) is 0.663. The number of rotatable bonds is 3. The van der Waals surface area contributed by atoms with Gasteiger partial charge >= 0.3 is 0 Å². The summed E-state index contributed by atoms with van der Waals surface area (Å²) >= 11 is 0. The normalized spacial score (nSPS) is 15.8. The highest BCUT2D eigenvalue weighted by molar-refractivity contribution is 7.90. The number of hydrogen-bond donors (Lipinski definition) is 0. The second-order valence-corrected chi connectivity index (χ2v) is 9.93. The van der Waals surface area contributed by atoms with Gasteiger partial charge in [-0.2, -0.15) is 0 Å². The number of nitrogens with zero attached hydrogens (tertiary/aromatic N) is 2. The highest BCUT2D eigenvalue weighted by Crippen LogP contribution is 2.32. The van der Waals surface area contributed by atoms with Crippen LogP contribution in [0.1, 0.15) is 29.3 Å². The molecular formula is C23H26N2O2S. The molecule has 3 aromatic rings. The Morgan fingerprint density at radius 2 is 1.82 bits per heavy atom. The van der Waals surface area contributed by atoms with E-state index in [1.807, 2.05) is 12.1 Å². The third-order valence-electron chi connectivity index (χ3n) is 5.59. The minimum atomic E-state index is -3.17. The van der Waals surface area contributed by atoms with E-state index in [1.165, 1.54) is 34.0 Å². The first-order chi connectivity index (χ1) is 13.2. The van der Waals surface area contributed by atoms with E-state index in [9.17, 15) is 8.42 Å². The number of aromatic nitrogens is 1. The van der Waals surface area contributed by atoms with Gasteiger partial charge in [0.25, 0.3) is 0 Å². The molecule has 1 aliphatic heterocycles. The molecule has 0 aliphatic carbocycles. The first-order valence-electron chi connectivity index (χ1n) is 9.54. The van der Waals surface area contributed by atoms with Gasteiger partial charge in [-0.3, -0.25) is 0 Å². The van der Waals surface area contributed by atoms with Gasteiger partial charge in [-0.05, 0) is 61.9 Å². The fourth-order valence-corrected chi connectivity index (χ4v) is 4.65. The van der Waals surface area contributed by atoms with Crippen LogP contribution in [0.4, 0.5) is 0 Å². The first-order valence-corrected chi connectivity index (χ1v) is 11.4. The summed E-state index contributed by atoms with van der Waals surface area (Å²) in [5.41, 5.74) is 7.45. The first kappa shape index (κ1) is 19.0. The molecule has 28 heavy (non-hydrogen) atoms. The van der Waals surface area contributed by atoms with Crippen LogP contribution in [0.15, 0.2) is 47.4 Å². The van der Waals surface area contributed by atoms with Crippen LogP contribution >= 0.6 is 0 Å². The van der Waals surface area contributed by atoms with Gasteiger partial charge in [-0.1, -0.05) is 23.8 Å². The van der Waals surface area contributed by atoms with Crippen molar-refractivity contribution in [2.24, 2.45) is 0 Å². The van der Waals surface area contributed by atoms with Crippen LogP contribution in [0.2, 0.25) is 0 Å². The Balaban J connectivity index is 1.83. The molecule has 0 amide bonds. The van der Waals surface area contributed by atoms with Crippen molar-refractivity contribution < 1.29 is 8.42 Å². The molecule has 1 aliphatic rings. The average Bonchev–Trinajstić information content (AvgIpc) is 2.93. The predicted octanol–water partition coefficient (Wildman–Crippen LogP) is 4.36. The number of benzene rings is 2. The zero-order chi connectivity index (χ0) is 20.1. The van der Waals surface area contributed by atoms with Crippen LogP contribution in [0.25, 0.3) is 22.7 Å². The number of aryl methyl sites for hydroxylation is 1. The fourth-order valence-electron chi connectivity index (χ4n) is 4.02. The molecule has 0 bridgehead atoms. The molecular weight excluding hydrogens is 368 g/mol.